The van der Waals surface area contributed by atoms with Crippen molar-refractivity contribution in [3.8, 4) is 0 Å². The van der Waals surface area contributed by atoms with Crippen LogP contribution in [0.5, 0.6) is 0 Å². The topological polar surface area (TPSA) is 79.6 Å². The summed E-state index contributed by atoms with van der Waals surface area (Å²) in [6, 6.07) is 6.45. The molecule has 0 atom stereocenters. The number of nitrogens with one attached hydrogen (secondary N) is 2. The van der Waals surface area contributed by atoms with E-state index in [0.29, 0.717) is 23.3 Å². The fourth-order valence-electron chi connectivity index (χ4n) is 3.47. The molecule has 3 aromatic rings. The maximum absolute atomic E-state index is 14.4. The van der Waals surface area contributed by atoms with E-state index in [0.717, 1.165) is 23.2 Å². The van der Waals surface area contributed by atoms with Crippen LogP contribution < -0.4 is 10.8 Å². The molecule has 0 bridgehead atoms. The number of hydrogen-bond acceptors (Lipinski definition) is 6. The standard InChI is InChI=1S/C21H22FIN4O3/c22-16-12-14(23)4-5-17(16)25-19-15-13-24-7-6-18(15)30-20(19)21(28)26-29-11-10-27-8-2-1-3-9-27/h4-7,12-13,25H,1-3,8-11H2,(H,26,28). The van der Waals surface area contributed by atoms with Gasteiger partial charge in [0.1, 0.15) is 17.1 Å². The van der Waals surface area contributed by atoms with E-state index in [4.69, 9.17) is 9.25 Å². The van der Waals surface area contributed by atoms with E-state index in [1.54, 1.807) is 30.6 Å². The molecule has 9 heteroatoms. The van der Waals surface area contributed by atoms with Gasteiger partial charge in [0.15, 0.2) is 0 Å². The molecule has 1 saturated heterocycles. The first-order valence-electron chi connectivity index (χ1n) is 9.85. The van der Waals surface area contributed by atoms with E-state index in [1.165, 1.54) is 25.3 Å². The molecule has 0 aliphatic carbocycles. The van der Waals surface area contributed by atoms with Crippen molar-refractivity contribution in [2.45, 2.75) is 19.3 Å². The van der Waals surface area contributed by atoms with Crippen molar-refractivity contribution in [2.24, 2.45) is 0 Å². The third-order valence-corrected chi connectivity index (χ3v) is 5.68. The minimum Gasteiger partial charge on any atom is -0.448 e. The highest BCUT2D eigenvalue weighted by Crippen LogP contribution is 2.33. The van der Waals surface area contributed by atoms with E-state index >= 15 is 0 Å². The van der Waals surface area contributed by atoms with E-state index in [-0.39, 0.29) is 11.4 Å². The first-order valence-corrected chi connectivity index (χ1v) is 10.9. The lowest BCUT2D eigenvalue weighted by Crippen LogP contribution is -2.35. The molecule has 2 aromatic heterocycles. The van der Waals surface area contributed by atoms with Gasteiger partial charge in [-0.2, -0.15) is 0 Å². The minimum absolute atomic E-state index is 0.00826. The fraction of sp³-hybridized carbons (Fsp3) is 0.333. The van der Waals surface area contributed by atoms with Crippen molar-refractivity contribution in [1.82, 2.24) is 15.4 Å². The summed E-state index contributed by atoms with van der Waals surface area (Å²) in [6.45, 7) is 3.25. The Hall–Kier alpha value is -2.24. The van der Waals surface area contributed by atoms with Gasteiger partial charge in [-0.1, -0.05) is 6.42 Å². The molecule has 1 aliphatic heterocycles. The third kappa shape index (κ3) is 4.90. The zero-order valence-electron chi connectivity index (χ0n) is 16.3. The molecule has 1 aromatic carbocycles. The molecular formula is C21H22FIN4O3. The van der Waals surface area contributed by atoms with Gasteiger partial charge in [-0.05, 0) is 72.8 Å². The lowest BCUT2D eigenvalue weighted by Gasteiger charge is -2.25. The van der Waals surface area contributed by atoms with Crippen LogP contribution in [0, 0.1) is 9.39 Å². The Bertz CT molecular complexity index is 1040. The van der Waals surface area contributed by atoms with Gasteiger partial charge in [0.05, 0.1) is 17.7 Å². The van der Waals surface area contributed by atoms with E-state index in [9.17, 15) is 9.18 Å². The number of carbonyl (C=O) groups is 1. The Labute approximate surface area is 187 Å². The SMILES string of the molecule is O=C(NOCCN1CCCCC1)c1oc2ccncc2c1Nc1ccc(I)cc1F. The number of pyridine rings is 1. The number of carbonyl (C=O) groups excluding carboxylic acids is 1. The second-order valence-corrected chi connectivity index (χ2v) is 8.35. The smallest absolute Gasteiger partial charge is 0.312 e. The van der Waals surface area contributed by atoms with Crippen molar-refractivity contribution in [3.63, 3.8) is 0 Å². The minimum atomic E-state index is -0.543. The summed E-state index contributed by atoms with van der Waals surface area (Å²) in [4.78, 5) is 24.5. The number of anilines is 2. The molecule has 0 unspecified atom stereocenters. The fourth-order valence-corrected chi connectivity index (χ4v) is 3.93. The van der Waals surface area contributed by atoms with Gasteiger partial charge < -0.3 is 14.6 Å². The summed E-state index contributed by atoms with van der Waals surface area (Å²) in [7, 11) is 0. The Morgan fingerprint density at radius 2 is 2.10 bits per heavy atom. The predicted molar refractivity (Wildman–Crippen MR) is 120 cm³/mol. The molecule has 0 saturated carbocycles. The van der Waals surface area contributed by atoms with Gasteiger partial charge in [-0.15, -0.1) is 0 Å². The number of hydrogen-bond donors (Lipinski definition) is 2. The Balaban J connectivity index is 1.48. The van der Waals surface area contributed by atoms with Gasteiger partial charge in [0.2, 0.25) is 5.76 Å². The third-order valence-electron chi connectivity index (χ3n) is 5.01. The predicted octanol–water partition coefficient (Wildman–Crippen LogP) is 4.46. The monoisotopic (exact) mass is 524 g/mol. The van der Waals surface area contributed by atoms with Crippen LogP contribution in [0.15, 0.2) is 41.1 Å². The van der Waals surface area contributed by atoms with Crippen LogP contribution in [0.3, 0.4) is 0 Å². The maximum atomic E-state index is 14.4. The molecule has 2 N–H and O–H groups in total. The summed E-state index contributed by atoms with van der Waals surface area (Å²) in [6.07, 6.45) is 6.80. The lowest BCUT2D eigenvalue weighted by molar-refractivity contribution is 0.0189. The van der Waals surface area contributed by atoms with Crippen molar-refractivity contribution in [3.05, 3.63) is 51.8 Å². The molecule has 1 aliphatic rings. The van der Waals surface area contributed by atoms with Gasteiger partial charge in [-0.25, -0.2) is 9.87 Å². The molecule has 0 radical (unpaired) electrons. The van der Waals surface area contributed by atoms with Crippen molar-refractivity contribution < 1.29 is 18.4 Å². The molecule has 3 heterocycles. The van der Waals surface area contributed by atoms with Crippen LogP contribution in [-0.2, 0) is 4.84 Å². The van der Waals surface area contributed by atoms with E-state index in [2.05, 4.69) is 20.7 Å². The number of benzene rings is 1. The quantitative estimate of drug-likeness (QED) is 0.270. The Morgan fingerprint density at radius 1 is 1.27 bits per heavy atom. The highest BCUT2D eigenvalue weighted by Gasteiger charge is 2.22. The van der Waals surface area contributed by atoms with Crippen molar-refractivity contribution >= 4 is 50.8 Å². The first-order chi connectivity index (χ1) is 14.6. The molecule has 1 fully saturated rings. The van der Waals surface area contributed by atoms with Gasteiger partial charge in [-0.3, -0.25) is 14.6 Å². The zero-order valence-corrected chi connectivity index (χ0v) is 18.4. The number of amides is 1. The van der Waals surface area contributed by atoms with Crippen LogP contribution in [0.2, 0.25) is 0 Å². The number of piperidine rings is 1. The lowest BCUT2D eigenvalue weighted by atomic mass is 10.1. The number of rotatable bonds is 7. The highest BCUT2D eigenvalue weighted by molar-refractivity contribution is 14.1. The number of nitrogens with zero attached hydrogens (tertiary/aromatic N) is 2. The van der Waals surface area contributed by atoms with Crippen LogP contribution in [0.1, 0.15) is 29.8 Å². The summed E-state index contributed by atoms with van der Waals surface area (Å²) in [5.74, 6) is -0.962. The molecule has 7 nitrogen and oxygen atoms in total. The molecule has 158 valence electrons. The highest BCUT2D eigenvalue weighted by atomic mass is 127. The first kappa shape index (κ1) is 21.0. The summed E-state index contributed by atoms with van der Waals surface area (Å²) < 4.78 is 20.8. The number of halogens is 2. The average Bonchev–Trinajstić information content (AvgIpc) is 3.12. The number of hydroxylamine groups is 1. The summed E-state index contributed by atoms with van der Waals surface area (Å²) >= 11 is 2.04. The van der Waals surface area contributed by atoms with Gasteiger partial charge in [0, 0.05) is 22.5 Å². The molecule has 1 amide bonds. The Kier molecular flexibility index (Phi) is 6.80. The van der Waals surface area contributed by atoms with Crippen molar-refractivity contribution in [2.75, 3.05) is 31.6 Å². The maximum Gasteiger partial charge on any atom is 0.312 e. The summed E-state index contributed by atoms with van der Waals surface area (Å²) in [5, 5.41) is 3.56. The average molecular weight is 524 g/mol. The van der Waals surface area contributed by atoms with Gasteiger partial charge in [0.25, 0.3) is 0 Å². The molecule has 4 rings (SSSR count). The number of furan rings is 1. The second kappa shape index (κ2) is 9.71. The van der Waals surface area contributed by atoms with Gasteiger partial charge >= 0.3 is 5.91 Å². The number of likely N-dealkylation sites (tertiary alicyclic amines) is 1. The molecule has 30 heavy (non-hydrogen) atoms. The zero-order chi connectivity index (χ0) is 20.9. The van der Waals surface area contributed by atoms with Crippen LogP contribution >= 0.6 is 22.6 Å². The molecule has 0 spiro atoms. The Morgan fingerprint density at radius 3 is 2.90 bits per heavy atom. The van der Waals surface area contributed by atoms with Crippen LogP contribution in [0.4, 0.5) is 15.8 Å². The normalized spacial score (nSPS) is 14.7. The van der Waals surface area contributed by atoms with E-state index in [1.807, 2.05) is 22.6 Å². The largest absolute Gasteiger partial charge is 0.448 e. The van der Waals surface area contributed by atoms with Crippen molar-refractivity contribution in [1.29, 1.82) is 0 Å². The second-order valence-electron chi connectivity index (χ2n) is 7.11. The number of aromatic nitrogens is 1. The molecular weight excluding hydrogens is 502 g/mol. The van der Waals surface area contributed by atoms with Crippen LogP contribution in [-0.4, -0.2) is 42.0 Å². The van der Waals surface area contributed by atoms with Crippen LogP contribution in [0.25, 0.3) is 11.0 Å². The summed E-state index contributed by atoms with van der Waals surface area (Å²) in [5.41, 5.74) is 3.48. The van der Waals surface area contributed by atoms with E-state index < -0.39 is 11.7 Å². The number of fused-ring (bicyclic) bond motifs is 1.